The van der Waals surface area contributed by atoms with Crippen LogP contribution in [0.15, 0.2) is 0 Å². The summed E-state index contributed by atoms with van der Waals surface area (Å²) in [6, 6.07) is 0. The Morgan fingerprint density at radius 1 is 0.765 bits per heavy atom. The van der Waals surface area contributed by atoms with Crippen LogP contribution in [0.5, 0.6) is 0 Å². The van der Waals surface area contributed by atoms with Crippen molar-refractivity contribution in [1.82, 2.24) is 0 Å². The van der Waals surface area contributed by atoms with E-state index in [1.54, 1.807) is 0 Å². The predicted molar refractivity (Wildman–Crippen MR) is 67.6 cm³/mol. The van der Waals surface area contributed by atoms with Gasteiger partial charge in [0.25, 0.3) is 0 Å². The SMILES string of the molecule is CCC(C)(C)OOC(C)(C)CCC(C)(C)OO. The van der Waals surface area contributed by atoms with E-state index in [4.69, 9.17) is 15.0 Å². The molecular formula is C13H28O4. The van der Waals surface area contributed by atoms with Crippen LogP contribution in [-0.4, -0.2) is 22.1 Å². The summed E-state index contributed by atoms with van der Waals surface area (Å²) in [7, 11) is 0. The maximum atomic E-state index is 8.72. The zero-order valence-electron chi connectivity index (χ0n) is 12.3. The van der Waals surface area contributed by atoms with Crippen molar-refractivity contribution in [2.24, 2.45) is 0 Å². The van der Waals surface area contributed by atoms with Crippen molar-refractivity contribution in [2.75, 3.05) is 0 Å². The minimum atomic E-state index is -0.555. The number of hydrogen-bond acceptors (Lipinski definition) is 4. The molecule has 0 rings (SSSR count). The van der Waals surface area contributed by atoms with Gasteiger partial charge < -0.3 is 0 Å². The van der Waals surface area contributed by atoms with Gasteiger partial charge in [-0.1, -0.05) is 6.92 Å². The van der Waals surface area contributed by atoms with Crippen molar-refractivity contribution in [3.05, 3.63) is 0 Å². The molecule has 0 saturated carbocycles. The first kappa shape index (κ1) is 16.8. The van der Waals surface area contributed by atoms with Gasteiger partial charge in [-0.25, -0.2) is 14.7 Å². The highest BCUT2D eigenvalue weighted by atomic mass is 17.2. The molecule has 1 N–H and O–H groups in total. The zero-order valence-corrected chi connectivity index (χ0v) is 12.3. The average molecular weight is 248 g/mol. The molecule has 0 aromatic heterocycles. The first-order chi connectivity index (χ1) is 7.54. The van der Waals surface area contributed by atoms with E-state index in [1.807, 2.05) is 41.5 Å². The molecule has 17 heavy (non-hydrogen) atoms. The van der Waals surface area contributed by atoms with E-state index < -0.39 is 11.2 Å². The highest BCUT2D eigenvalue weighted by Crippen LogP contribution is 2.26. The fraction of sp³-hybridized carbons (Fsp3) is 1.00. The summed E-state index contributed by atoms with van der Waals surface area (Å²) in [6.45, 7) is 13.6. The Bertz CT molecular complexity index is 199. The van der Waals surface area contributed by atoms with Gasteiger partial charge in [-0.3, -0.25) is 5.26 Å². The lowest BCUT2D eigenvalue weighted by Gasteiger charge is -2.32. The van der Waals surface area contributed by atoms with Crippen LogP contribution in [-0.2, 0) is 14.7 Å². The second-order valence-electron chi connectivity index (χ2n) is 6.39. The average Bonchev–Trinajstić information content (AvgIpc) is 2.25. The van der Waals surface area contributed by atoms with Gasteiger partial charge in [-0.2, -0.15) is 0 Å². The molecule has 0 amide bonds. The van der Waals surface area contributed by atoms with E-state index in [0.29, 0.717) is 6.42 Å². The monoisotopic (exact) mass is 248 g/mol. The highest BCUT2D eigenvalue weighted by Gasteiger charge is 2.29. The third kappa shape index (κ3) is 7.71. The molecule has 0 bridgehead atoms. The summed E-state index contributed by atoms with van der Waals surface area (Å²) >= 11 is 0. The smallest absolute Gasteiger partial charge is 0.0981 e. The van der Waals surface area contributed by atoms with Gasteiger partial charge in [0.05, 0.1) is 16.8 Å². The summed E-state index contributed by atoms with van der Waals surface area (Å²) in [5.41, 5.74) is -1.23. The van der Waals surface area contributed by atoms with Crippen molar-refractivity contribution in [3.63, 3.8) is 0 Å². The topological polar surface area (TPSA) is 47.9 Å². The Hall–Kier alpha value is -0.160. The lowest BCUT2D eigenvalue weighted by molar-refractivity contribution is -0.404. The molecule has 0 saturated heterocycles. The molecule has 0 heterocycles. The van der Waals surface area contributed by atoms with Crippen LogP contribution in [0.3, 0.4) is 0 Å². The van der Waals surface area contributed by atoms with Crippen LogP contribution < -0.4 is 0 Å². The molecule has 0 fully saturated rings. The summed E-state index contributed by atoms with van der Waals surface area (Å²) in [4.78, 5) is 15.3. The molecule has 0 aliphatic rings. The van der Waals surface area contributed by atoms with Crippen LogP contribution in [0, 0.1) is 0 Å². The normalized spacial score (nSPS) is 14.1. The summed E-state index contributed by atoms with van der Waals surface area (Å²) in [5, 5.41) is 8.72. The van der Waals surface area contributed by atoms with Crippen molar-refractivity contribution in [2.45, 2.75) is 84.5 Å². The summed E-state index contributed by atoms with van der Waals surface area (Å²) < 4.78 is 0. The van der Waals surface area contributed by atoms with Gasteiger partial charge in [-0.15, -0.1) is 0 Å². The van der Waals surface area contributed by atoms with Gasteiger partial charge in [0.1, 0.15) is 0 Å². The molecule has 0 aliphatic heterocycles. The van der Waals surface area contributed by atoms with E-state index in [1.165, 1.54) is 0 Å². The number of rotatable bonds is 8. The van der Waals surface area contributed by atoms with Crippen molar-refractivity contribution in [1.29, 1.82) is 0 Å². The molecule has 104 valence electrons. The molecule has 4 heteroatoms. The van der Waals surface area contributed by atoms with Crippen LogP contribution >= 0.6 is 0 Å². The third-order valence-electron chi connectivity index (χ3n) is 2.92. The Labute approximate surface area is 105 Å². The predicted octanol–water partition coefficient (Wildman–Crippen LogP) is 3.95. The van der Waals surface area contributed by atoms with Crippen LogP contribution in [0.1, 0.15) is 67.7 Å². The summed E-state index contributed by atoms with van der Waals surface area (Å²) in [6.07, 6.45) is 2.31. The molecule has 0 radical (unpaired) electrons. The maximum absolute atomic E-state index is 8.72. The standard InChI is InChI=1S/C13H28O4/c1-8-11(2,3)16-17-13(6,7)10-9-12(4,5)15-14/h14H,8-10H2,1-7H3. The quantitative estimate of drug-likeness (QED) is 0.522. The zero-order chi connectivity index (χ0) is 13.7. The van der Waals surface area contributed by atoms with Crippen LogP contribution in [0.25, 0.3) is 0 Å². The second-order valence-corrected chi connectivity index (χ2v) is 6.39. The molecule has 0 spiro atoms. The van der Waals surface area contributed by atoms with Gasteiger partial charge >= 0.3 is 0 Å². The van der Waals surface area contributed by atoms with Crippen LogP contribution in [0.2, 0.25) is 0 Å². The number of hydrogen-bond donors (Lipinski definition) is 1. The molecule has 0 aliphatic carbocycles. The highest BCUT2D eigenvalue weighted by molar-refractivity contribution is 4.75. The largest absolute Gasteiger partial charge is 0.251 e. The first-order valence-corrected chi connectivity index (χ1v) is 6.23. The Morgan fingerprint density at radius 3 is 1.59 bits per heavy atom. The minimum Gasteiger partial charge on any atom is -0.251 e. The van der Waals surface area contributed by atoms with E-state index in [2.05, 4.69) is 11.8 Å². The molecule has 0 aromatic rings. The molecule has 0 unspecified atom stereocenters. The van der Waals surface area contributed by atoms with Crippen molar-refractivity contribution < 1.29 is 19.9 Å². The molecule has 0 aromatic carbocycles. The maximum Gasteiger partial charge on any atom is 0.0981 e. The lowest BCUT2D eigenvalue weighted by atomic mass is 9.94. The Kier molecular flexibility index (Phi) is 6.08. The fourth-order valence-corrected chi connectivity index (χ4v) is 0.974. The Balaban J connectivity index is 4.13. The fourth-order valence-electron chi connectivity index (χ4n) is 0.974. The van der Waals surface area contributed by atoms with Gasteiger partial charge in [0.15, 0.2) is 0 Å². The van der Waals surface area contributed by atoms with Gasteiger partial charge in [0.2, 0.25) is 0 Å². The van der Waals surface area contributed by atoms with E-state index in [9.17, 15) is 0 Å². The van der Waals surface area contributed by atoms with Crippen molar-refractivity contribution >= 4 is 0 Å². The molecular weight excluding hydrogens is 220 g/mol. The molecule has 4 nitrogen and oxygen atoms in total. The molecule has 0 atom stereocenters. The second kappa shape index (κ2) is 6.14. The van der Waals surface area contributed by atoms with Gasteiger partial charge in [0, 0.05) is 0 Å². The van der Waals surface area contributed by atoms with E-state index in [0.717, 1.165) is 12.8 Å². The van der Waals surface area contributed by atoms with E-state index in [-0.39, 0.29) is 5.60 Å². The van der Waals surface area contributed by atoms with Crippen molar-refractivity contribution in [3.8, 4) is 0 Å². The van der Waals surface area contributed by atoms with E-state index >= 15 is 0 Å². The first-order valence-electron chi connectivity index (χ1n) is 6.23. The van der Waals surface area contributed by atoms with Gasteiger partial charge in [-0.05, 0) is 60.8 Å². The minimum absolute atomic E-state index is 0.278. The van der Waals surface area contributed by atoms with Crippen LogP contribution in [0.4, 0.5) is 0 Å². The summed E-state index contributed by atoms with van der Waals surface area (Å²) in [5.74, 6) is 0. The third-order valence-corrected chi connectivity index (χ3v) is 2.92. The lowest BCUT2D eigenvalue weighted by Crippen LogP contribution is -2.34. The Morgan fingerprint density at radius 2 is 1.18 bits per heavy atom.